The molecule has 0 spiro atoms. The minimum atomic E-state index is -0.842. The summed E-state index contributed by atoms with van der Waals surface area (Å²) in [4.78, 5) is 29.3. The van der Waals surface area contributed by atoms with E-state index in [1.807, 2.05) is 22.8 Å². The maximum absolute atomic E-state index is 11.0. The van der Waals surface area contributed by atoms with E-state index in [0.29, 0.717) is 48.7 Å². The van der Waals surface area contributed by atoms with Gasteiger partial charge in [-0.25, -0.2) is 0 Å². The second-order valence-electron chi connectivity index (χ2n) is 11.8. The van der Waals surface area contributed by atoms with Crippen LogP contribution in [0.25, 0.3) is 11.2 Å². The van der Waals surface area contributed by atoms with E-state index in [1.54, 1.807) is 13.2 Å². The number of hydrogen-bond donors (Lipinski definition) is 2. The number of rotatable bonds is 16. The molecule has 3 N–H and O–H groups in total. The molecule has 0 unspecified atom stereocenters. The van der Waals surface area contributed by atoms with Crippen LogP contribution in [0.5, 0.6) is 17.8 Å². The predicted octanol–water partition coefficient (Wildman–Crippen LogP) is 4.25. The lowest BCUT2D eigenvalue weighted by molar-refractivity contribution is -0.136. The Labute approximate surface area is 270 Å². The van der Waals surface area contributed by atoms with Crippen molar-refractivity contribution in [2.75, 3.05) is 52.7 Å². The number of nitrogens with two attached hydrogens (primary N) is 1. The number of aromatic nitrogens is 4. The number of carboxylic acids is 1. The molecule has 0 saturated carbocycles. The normalized spacial score (nSPS) is 14.2. The predicted molar refractivity (Wildman–Crippen MR) is 176 cm³/mol. The average molecular weight is 632 g/mol. The van der Waals surface area contributed by atoms with Crippen molar-refractivity contribution in [2.24, 2.45) is 0 Å². The summed E-state index contributed by atoms with van der Waals surface area (Å²) in [6, 6.07) is 17.2. The van der Waals surface area contributed by atoms with Crippen molar-refractivity contribution in [1.29, 1.82) is 0 Å². The number of ether oxygens (including phenoxy) is 3. The monoisotopic (exact) mass is 631 g/mol. The Morgan fingerprint density at radius 2 is 1.74 bits per heavy atom. The molecule has 0 radical (unpaired) electrons. The van der Waals surface area contributed by atoms with Crippen LogP contribution in [0.15, 0.2) is 48.5 Å². The number of imidazole rings is 1. The Morgan fingerprint density at radius 1 is 1.00 bits per heavy atom. The Kier molecular flexibility index (Phi) is 11.3. The number of carboxylic acid groups (broad SMARTS) is 1. The van der Waals surface area contributed by atoms with E-state index in [1.165, 1.54) is 5.56 Å². The van der Waals surface area contributed by atoms with Crippen molar-refractivity contribution in [3.8, 4) is 17.8 Å². The van der Waals surface area contributed by atoms with Gasteiger partial charge in [0.05, 0.1) is 26.7 Å². The first-order chi connectivity index (χ1) is 22.3. The van der Waals surface area contributed by atoms with Crippen molar-refractivity contribution in [3.05, 3.63) is 65.2 Å². The molecule has 0 bridgehead atoms. The summed E-state index contributed by atoms with van der Waals surface area (Å²) < 4.78 is 19.1. The number of piperidine rings is 1. The van der Waals surface area contributed by atoms with Gasteiger partial charge in [-0.3, -0.25) is 19.2 Å². The summed E-state index contributed by atoms with van der Waals surface area (Å²) in [5.74, 6) is 0.142. The van der Waals surface area contributed by atoms with E-state index in [4.69, 9.17) is 25.1 Å². The highest BCUT2D eigenvalue weighted by molar-refractivity contribution is 5.83. The van der Waals surface area contributed by atoms with Gasteiger partial charge in [-0.05, 0) is 68.2 Å². The third-order valence-corrected chi connectivity index (χ3v) is 8.39. The molecule has 2 aromatic heterocycles. The van der Waals surface area contributed by atoms with Crippen LogP contribution in [0.2, 0.25) is 0 Å². The molecule has 12 nitrogen and oxygen atoms in total. The van der Waals surface area contributed by atoms with E-state index in [2.05, 4.69) is 63.0 Å². The fourth-order valence-electron chi connectivity index (χ4n) is 5.77. The average Bonchev–Trinajstić information content (AvgIpc) is 3.40. The van der Waals surface area contributed by atoms with E-state index in [9.17, 15) is 4.79 Å². The van der Waals surface area contributed by atoms with Crippen molar-refractivity contribution in [3.63, 3.8) is 0 Å². The second-order valence-corrected chi connectivity index (χ2v) is 11.8. The second kappa shape index (κ2) is 15.7. The van der Waals surface area contributed by atoms with Crippen molar-refractivity contribution in [2.45, 2.75) is 58.2 Å². The number of methoxy groups -OCH3 is 1. The fourth-order valence-corrected chi connectivity index (χ4v) is 5.77. The molecule has 0 amide bonds. The lowest BCUT2D eigenvalue weighted by atomic mass is 10.0. The third-order valence-electron chi connectivity index (χ3n) is 8.39. The maximum Gasteiger partial charge on any atom is 0.320 e. The number of likely N-dealkylation sites (tertiary alicyclic amines) is 1. The number of nitrogens with zero attached hydrogens (tertiary/aromatic N) is 6. The van der Waals surface area contributed by atoms with Gasteiger partial charge in [0.15, 0.2) is 17.0 Å². The van der Waals surface area contributed by atoms with Gasteiger partial charge in [-0.2, -0.15) is 15.0 Å². The molecule has 246 valence electrons. The minimum absolute atomic E-state index is 0.0000839. The quantitative estimate of drug-likeness (QED) is 0.172. The molecule has 1 aliphatic heterocycles. The number of likely N-dealkylation sites (N-methyl/N-ethyl adjacent to an activating group) is 1. The molecule has 12 heteroatoms. The van der Waals surface area contributed by atoms with E-state index >= 15 is 0 Å². The zero-order valence-corrected chi connectivity index (χ0v) is 27.0. The van der Waals surface area contributed by atoms with Crippen molar-refractivity contribution < 1.29 is 24.1 Å². The molecular weight excluding hydrogens is 586 g/mol. The first-order valence-electron chi connectivity index (χ1n) is 16.0. The lowest BCUT2D eigenvalue weighted by Crippen LogP contribution is -2.44. The molecular formula is C34H45N7O5. The number of unbranched alkanes of at least 4 members (excludes halogenated alkanes) is 1. The Morgan fingerprint density at radius 3 is 2.43 bits per heavy atom. The van der Waals surface area contributed by atoms with Gasteiger partial charge in [-0.1, -0.05) is 49.7 Å². The number of hydrogen-bond acceptors (Lipinski definition) is 10. The SMILES string of the molecule is CCCCOc1nc(N)c2nc(OC)n(Cc3ccc(CN4CCC(N(C)CCOc5cccc(CC(=O)O)c5)CC4)cc3)c2n1. The standard InChI is InChI=1S/C34H45N7O5/c1-4-5-18-46-33-37-31(35)30-32(38-33)41(34(36-30)44-3)23-25-11-9-24(10-12-25)22-40-15-13-27(14-16-40)39(2)17-19-45-28-8-6-7-26(20-28)21-29(42)43/h6-12,20,27H,4-5,13-19,21-23H2,1-3H3,(H,42,43)(H2,35,37,38). The van der Waals surface area contributed by atoms with Crippen LogP contribution in [0.1, 0.15) is 49.3 Å². The summed E-state index contributed by atoms with van der Waals surface area (Å²) >= 11 is 0. The Balaban J connectivity index is 1.10. The number of benzene rings is 2. The number of anilines is 1. The number of aliphatic carboxylic acids is 1. The van der Waals surface area contributed by atoms with Crippen molar-refractivity contribution >= 4 is 23.0 Å². The smallest absolute Gasteiger partial charge is 0.320 e. The highest BCUT2D eigenvalue weighted by Gasteiger charge is 2.23. The lowest BCUT2D eigenvalue weighted by Gasteiger charge is -2.36. The largest absolute Gasteiger partial charge is 0.492 e. The molecule has 3 heterocycles. The molecule has 1 aliphatic rings. The highest BCUT2D eigenvalue weighted by atomic mass is 16.5. The van der Waals surface area contributed by atoms with Crippen LogP contribution < -0.4 is 19.9 Å². The summed E-state index contributed by atoms with van der Waals surface area (Å²) in [7, 11) is 3.74. The molecule has 46 heavy (non-hydrogen) atoms. The van der Waals surface area contributed by atoms with Gasteiger partial charge >= 0.3 is 12.0 Å². The third kappa shape index (κ3) is 8.64. The summed E-state index contributed by atoms with van der Waals surface area (Å²) in [6.45, 7) is 7.53. The van der Waals surface area contributed by atoms with Gasteiger partial charge in [0.2, 0.25) is 0 Å². The van der Waals surface area contributed by atoms with Crippen LogP contribution in [0, 0.1) is 0 Å². The van der Waals surface area contributed by atoms with Crippen LogP contribution >= 0.6 is 0 Å². The molecule has 2 aromatic carbocycles. The van der Waals surface area contributed by atoms with Crippen LogP contribution in [0.4, 0.5) is 5.82 Å². The Hall–Kier alpha value is -4.42. The zero-order chi connectivity index (χ0) is 32.5. The zero-order valence-electron chi connectivity index (χ0n) is 27.0. The molecule has 1 fully saturated rings. The van der Waals surface area contributed by atoms with Gasteiger partial charge in [-0.15, -0.1) is 0 Å². The fraction of sp³-hybridized carbons (Fsp3) is 0.471. The van der Waals surface area contributed by atoms with Crippen molar-refractivity contribution in [1.82, 2.24) is 29.3 Å². The summed E-state index contributed by atoms with van der Waals surface area (Å²) in [5.41, 5.74) is 10.4. The number of fused-ring (bicyclic) bond motifs is 1. The van der Waals surface area contributed by atoms with Crippen LogP contribution in [-0.4, -0.2) is 93.4 Å². The minimum Gasteiger partial charge on any atom is -0.492 e. The first-order valence-corrected chi connectivity index (χ1v) is 16.0. The molecule has 0 atom stereocenters. The molecule has 5 rings (SSSR count). The van der Waals surface area contributed by atoms with Crippen LogP contribution in [-0.2, 0) is 24.3 Å². The Bertz CT molecular complexity index is 1590. The van der Waals surface area contributed by atoms with Gasteiger partial charge in [0.25, 0.3) is 6.01 Å². The number of carbonyl (C=O) groups is 1. The summed E-state index contributed by atoms with van der Waals surface area (Å²) in [6.07, 6.45) is 4.13. The van der Waals surface area contributed by atoms with E-state index < -0.39 is 5.97 Å². The van der Waals surface area contributed by atoms with Crippen LogP contribution in [0.3, 0.4) is 0 Å². The molecule has 4 aromatic rings. The first kappa shape index (κ1) is 33.0. The summed E-state index contributed by atoms with van der Waals surface area (Å²) in [5, 5.41) is 9.02. The van der Waals surface area contributed by atoms with E-state index in [0.717, 1.165) is 63.0 Å². The number of nitrogen functional groups attached to an aromatic ring is 1. The van der Waals surface area contributed by atoms with Gasteiger partial charge in [0.1, 0.15) is 12.4 Å². The molecule has 1 saturated heterocycles. The van der Waals surface area contributed by atoms with Gasteiger partial charge < -0.3 is 25.1 Å². The van der Waals surface area contributed by atoms with Gasteiger partial charge in [0, 0.05) is 19.1 Å². The maximum atomic E-state index is 11.0. The van der Waals surface area contributed by atoms with E-state index in [-0.39, 0.29) is 18.2 Å². The topological polar surface area (TPSA) is 141 Å². The molecule has 0 aliphatic carbocycles. The highest BCUT2D eigenvalue weighted by Crippen LogP contribution is 2.27.